The van der Waals surface area contributed by atoms with E-state index in [-0.39, 0.29) is 11.8 Å². The maximum atomic E-state index is 12.2. The first-order chi connectivity index (χ1) is 9.53. The van der Waals surface area contributed by atoms with Gasteiger partial charge in [0.25, 0.3) is 0 Å². The number of urea groups is 1. The van der Waals surface area contributed by atoms with Gasteiger partial charge in [0, 0.05) is 32.2 Å². The lowest BCUT2D eigenvalue weighted by molar-refractivity contribution is 0.196. The van der Waals surface area contributed by atoms with Crippen LogP contribution in [-0.4, -0.2) is 61.6 Å². The molecular weight excluding hydrogens is 278 g/mol. The second-order valence-electron chi connectivity index (χ2n) is 5.57. The summed E-state index contributed by atoms with van der Waals surface area (Å²) in [7, 11) is -3.14. The van der Waals surface area contributed by atoms with Gasteiger partial charge in [-0.3, -0.25) is 0 Å². The van der Waals surface area contributed by atoms with Gasteiger partial charge in [-0.25, -0.2) is 17.5 Å². The molecule has 0 spiro atoms. The van der Waals surface area contributed by atoms with Crippen LogP contribution in [0, 0.1) is 0 Å². The summed E-state index contributed by atoms with van der Waals surface area (Å²) in [6.07, 6.45) is 5.21. The molecule has 0 aromatic rings. The number of carbonyl (C=O) groups is 1. The summed E-state index contributed by atoms with van der Waals surface area (Å²) in [5.41, 5.74) is 0. The Hall–Kier alpha value is -0.820. The van der Waals surface area contributed by atoms with E-state index < -0.39 is 10.0 Å². The molecule has 116 valence electrons. The average molecular weight is 303 g/mol. The zero-order valence-corrected chi connectivity index (χ0v) is 13.0. The zero-order chi connectivity index (χ0) is 14.6. The van der Waals surface area contributed by atoms with Crippen molar-refractivity contribution in [1.29, 1.82) is 0 Å². The first kappa shape index (κ1) is 15.6. The molecule has 2 fully saturated rings. The van der Waals surface area contributed by atoms with E-state index in [0.29, 0.717) is 38.6 Å². The summed E-state index contributed by atoms with van der Waals surface area (Å²) in [6, 6.07) is 0.272. The monoisotopic (exact) mass is 303 g/mol. The molecule has 0 unspecified atom stereocenters. The van der Waals surface area contributed by atoms with Crippen LogP contribution < -0.4 is 5.32 Å². The maximum absolute atomic E-state index is 12.2. The van der Waals surface area contributed by atoms with Crippen LogP contribution in [0.5, 0.6) is 0 Å². The Morgan fingerprint density at radius 1 is 1.10 bits per heavy atom. The van der Waals surface area contributed by atoms with E-state index in [1.165, 1.54) is 17.1 Å². The van der Waals surface area contributed by atoms with Crippen LogP contribution in [0.2, 0.25) is 0 Å². The van der Waals surface area contributed by atoms with E-state index in [2.05, 4.69) is 5.32 Å². The molecule has 2 amide bonds. The summed E-state index contributed by atoms with van der Waals surface area (Å²) in [5, 5.41) is 3.06. The molecular formula is C13H25N3O3S. The number of hydrogen-bond acceptors (Lipinski definition) is 3. The van der Waals surface area contributed by atoms with Crippen molar-refractivity contribution in [1.82, 2.24) is 14.5 Å². The van der Waals surface area contributed by atoms with Gasteiger partial charge in [0.15, 0.2) is 0 Å². The van der Waals surface area contributed by atoms with Gasteiger partial charge in [-0.1, -0.05) is 12.8 Å². The molecule has 1 saturated carbocycles. The number of rotatable bonds is 3. The van der Waals surface area contributed by atoms with Gasteiger partial charge >= 0.3 is 6.03 Å². The lowest BCUT2D eigenvalue weighted by atomic mass is 10.2. The SMILES string of the molecule is CCS(=O)(=O)N1CCCN(C(=O)NC2CCCC2)CC1. The smallest absolute Gasteiger partial charge is 0.317 e. The van der Waals surface area contributed by atoms with E-state index >= 15 is 0 Å². The molecule has 1 saturated heterocycles. The predicted molar refractivity (Wildman–Crippen MR) is 78.0 cm³/mol. The third kappa shape index (κ3) is 3.85. The molecule has 1 N–H and O–H groups in total. The lowest BCUT2D eigenvalue weighted by Gasteiger charge is -2.23. The Kier molecular flexibility index (Phi) is 5.26. The molecule has 0 radical (unpaired) electrons. The second kappa shape index (κ2) is 6.76. The van der Waals surface area contributed by atoms with Gasteiger partial charge in [-0.05, 0) is 26.2 Å². The quantitative estimate of drug-likeness (QED) is 0.845. The Morgan fingerprint density at radius 3 is 2.45 bits per heavy atom. The number of nitrogens with one attached hydrogen (secondary N) is 1. The molecule has 20 heavy (non-hydrogen) atoms. The van der Waals surface area contributed by atoms with E-state index in [1.807, 2.05) is 0 Å². The minimum Gasteiger partial charge on any atom is -0.335 e. The van der Waals surface area contributed by atoms with Crippen molar-refractivity contribution in [3.63, 3.8) is 0 Å². The molecule has 7 heteroatoms. The molecule has 2 aliphatic rings. The van der Waals surface area contributed by atoms with Gasteiger partial charge in [0.2, 0.25) is 10.0 Å². The largest absolute Gasteiger partial charge is 0.335 e. The van der Waals surface area contributed by atoms with Crippen molar-refractivity contribution in [3.05, 3.63) is 0 Å². The van der Waals surface area contributed by atoms with Gasteiger partial charge < -0.3 is 10.2 Å². The van der Waals surface area contributed by atoms with Crippen molar-refractivity contribution in [2.45, 2.75) is 45.1 Å². The number of amides is 2. The fraction of sp³-hybridized carbons (Fsp3) is 0.923. The van der Waals surface area contributed by atoms with Crippen molar-refractivity contribution < 1.29 is 13.2 Å². The van der Waals surface area contributed by atoms with Crippen LogP contribution in [-0.2, 0) is 10.0 Å². The van der Waals surface area contributed by atoms with E-state index in [4.69, 9.17) is 0 Å². The van der Waals surface area contributed by atoms with E-state index in [1.54, 1.807) is 11.8 Å². The Labute approximate surface area is 121 Å². The van der Waals surface area contributed by atoms with E-state index in [9.17, 15) is 13.2 Å². The van der Waals surface area contributed by atoms with Crippen LogP contribution in [0.25, 0.3) is 0 Å². The summed E-state index contributed by atoms with van der Waals surface area (Å²) in [6.45, 7) is 3.70. The van der Waals surface area contributed by atoms with Crippen LogP contribution in [0.3, 0.4) is 0 Å². The van der Waals surface area contributed by atoms with Gasteiger partial charge in [0.1, 0.15) is 0 Å². The third-order valence-electron chi connectivity index (χ3n) is 4.18. The maximum Gasteiger partial charge on any atom is 0.317 e. The molecule has 0 atom stereocenters. The molecule has 1 heterocycles. The van der Waals surface area contributed by atoms with Gasteiger partial charge in [-0.2, -0.15) is 0 Å². The summed E-state index contributed by atoms with van der Waals surface area (Å²) in [5.74, 6) is 0.126. The van der Waals surface area contributed by atoms with Crippen LogP contribution >= 0.6 is 0 Å². The minimum absolute atomic E-state index is 0.0346. The molecule has 0 aromatic carbocycles. The number of carbonyl (C=O) groups excluding carboxylic acids is 1. The standard InChI is InChI=1S/C13H25N3O3S/c1-2-20(18,19)16-9-5-8-15(10-11-16)13(17)14-12-6-3-4-7-12/h12H,2-11H2,1H3,(H,14,17). The topological polar surface area (TPSA) is 69.7 Å². The molecule has 0 bridgehead atoms. The normalized spacial score (nSPS) is 22.8. The molecule has 0 aromatic heterocycles. The van der Waals surface area contributed by atoms with Crippen LogP contribution in [0.15, 0.2) is 0 Å². The fourth-order valence-corrected chi connectivity index (χ4v) is 4.03. The highest BCUT2D eigenvalue weighted by molar-refractivity contribution is 7.89. The first-order valence-corrected chi connectivity index (χ1v) is 9.17. The third-order valence-corrected chi connectivity index (χ3v) is 6.06. The van der Waals surface area contributed by atoms with Crippen LogP contribution in [0.4, 0.5) is 4.79 Å². The molecule has 2 rings (SSSR count). The van der Waals surface area contributed by atoms with Crippen LogP contribution in [0.1, 0.15) is 39.0 Å². The molecule has 1 aliphatic heterocycles. The summed E-state index contributed by atoms with van der Waals surface area (Å²) >= 11 is 0. The Morgan fingerprint density at radius 2 is 1.80 bits per heavy atom. The van der Waals surface area contributed by atoms with Crippen molar-refractivity contribution in [2.75, 3.05) is 31.9 Å². The summed E-state index contributed by atoms with van der Waals surface area (Å²) in [4.78, 5) is 13.9. The highest BCUT2D eigenvalue weighted by Crippen LogP contribution is 2.18. The van der Waals surface area contributed by atoms with E-state index in [0.717, 1.165) is 12.8 Å². The number of sulfonamides is 1. The zero-order valence-electron chi connectivity index (χ0n) is 12.2. The van der Waals surface area contributed by atoms with Gasteiger partial charge in [0.05, 0.1) is 5.75 Å². The van der Waals surface area contributed by atoms with Crippen molar-refractivity contribution in [3.8, 4) is 0 Å². The molecule has 6 nitrogen and oxygen atoms in total. The highest BCUT2D eigenvalue weighted by Gasteiger charge is 2.26. The minimum atomic E-state index is -3.14. The Balaban J connectivity index is 1.87. The average Bonchev–Trinajstić information content (AvgIpc) is 2.79. The number of hydrogen-bond donors (Lipinski definition) is 1. The number of nitrogens with zero attached hydrogens (tertiary/aromatic N) is 2. The highest BCUT2D eigenvalue weighted by atomic mass is 32.2. The predicted octanol–water partition coefficient (Wildman–Crippen LogP) is 0.996. The first-order valence-electron chi connectivity index (χ1n) is 7.56. The lowest BCUT2D eigenvalue weighted by Crippen LogP contribution is -2.45. The summed E-state index contributed by atoms with van der Waals surface area (Å²) < 4.78 is 25.2. The fourth-order valence-electron chi connectivity index (χ4n) is 2.89. The second-order valence-corrected chi connectivity index (χ2v) is 7.83. The molecule has 1 aliphatic carbocycles. The van der Waals surface area contributed by atoms with Crippen molar-refractivity contribution in [2.24, 2.45) is 0 Å². The van der Waals surface area contributed by atoms with Gasteiger partial charge in [-0.15, -0.1) is 0 Å². The Bertz CT molecular complexity index is 432. The van der Waals surface area contributed by atoms with Crippen molar-refractivity contribution >= 4 is 16.1 Å².